The van der Waals surface area contributed by atoms with Crippen LogP contribution in [0.15, 0.2) is 54.6 Å². The average Bonchev–Trinajstić information content (AvgIpc) is 2.46. The minimum Gasteiger partial charge on any atom is -0.123 e. The van der Waals surface area contributed by atoms with Gasteiger partial charge in [-0.2, -0.15) is 0 Å². The Morgan fingerprint density at radius 3 is 2.11 bits per heavy atom. The van der Waals surface area contributed by atoms with Crippen LogP contribution in [-0.4, -0.2) is 5.38 Å². The molecule has 1 heteroatoms. The normalized spacial score (nSPS) is 12.3. The van der Waals surface area contributed by atoms with Crippen molar-refractivity contribution in [3.8, 4) is 11.1 Å². The largest absolute Gasteiger partial charge is 0.123 e. The third-order valence-electron chi connectivity index (χ3n) is 3.25. The van der Waals surface area contributed by atoms with Crippen LogP contribution in [0.3, 0.4) is 0 Å². The first-order chi connectivity index (χ1) is 8.79. The smallest absolute Gasteiger partial charge is 0.0336 e. The summed E-state index contributed by atoms with van der Waals surface area (Å²) in [5.41, 5.74) is 3.92. The maximum absolute atomic E-state index is 6.14. The molecule has 2 aromatic carbocycles. The van der Waals surface area contributed by atoms with Crippen LogP contribution in [0, 0.1) is 0 Å². The number of hydrogen-bond donors (Lipinski definition) is 0. The van der Waals surface area contributed by atoms with E-state index < -0.39 is 0 Å². The first kappa shape index (κ1) is 13.2. The lowest BCUT2D eigenvalue weighted by molar-refractivity contribution is 0.727. The van der Waals surface area contributed by atoms with Crippen molar-refractivity contribution in [3.05, 3.63) is 60.2 Å². The highest BCUT2D eigenvalue weighted by molar-refractivity contribution is 6.20. The molecule has 0 amide bonds. The van der Waals surface area contributed by atoms with Gasteiger partial charge in [0.25, 0.3) is 0 Å². The Balaban J connectivity index is 2.02. The minimum atomic E-state index is 0.304. The van der Waals surface area contributed by atoms with Gasteiger partial charge in [-0.05, 0) is 36.0 Å². The predicted molar refractivity (Wildman–Crippen MR) is 80.1 cm³/mol. The monoisotopic (exact) mass is 258 g/mol. The van der Waals surface area contributed by atoms with E-state index in [4.69, 9.17) is 11.6 Å². The van der Waals surface area contributed by atoms with E-state index in [1.807, 2.05) is 6.07 Å². The van der Waals surface area contributed by atoms with Crippen LogP contribution in [0.4, 0.5) is 0 Å². The summed E-state index contributed by atoms with van der Waals surface area (Å²) in [6, 6.07) is 19.3. The highest BCUT2D eigenvalue weighted by atomic mass is 35.5. The first-order valence-electron chi connectivity index (χ1n) is 6.58. The van der Waals surface area contributed by atoms with E-state index in [1.165, 1.54) is 16.7 Å². The molecule has 18 heavy (non-hydrogen) atoms. The Labute approximate surface area is 115 Å². The number of alkyl halides is 1. The first-order valence-corrected chi connectivity index (χ1v) is 7.01. The van der Waals surface area contributed by atoms with Gasteiger partial charge in [0.15, 0.2) is 0 Å². The number of aryl methyl sites for hydroxylation is 1. The van der Waals surface area contributed by atoms with Gasteiger partial charge in [-0.15, -0.1) is 11.6 Å². The van der Waals surface area contributed by atoms with Crippen molar-refractivity contribution in [2.24, 2.45) is 0 Å². The fourth-order valence-corrected chi connectivity index (χ4v) is 2.13. The van der Waals surface area contributed by atoms with E-state index in [-0.39, 0.29) is 0 Å². The third-order valence-corrected chi connectivity index (χ3v) is 3.78. The zero-order valence-corrected chi connectivity index (χ0v) is 11.5. The van der Waals surface area contributed by atoms with Crippen molar-refractivity contribution in [1.29, 1.82) is 0 Å². The number of rotatable bonds is 5. The second-order valence-electron chi connectivity index (χ2n) is 4.61. The zero-order chi connectivity index (χ0) is 12.8. The van der Waals surface area contributed by atoms with Crippen molar-refractivity contribution in [3.63, 3.8) is 0 Å². The van der Waals surface area contributed by atoms with E-state index in [1.54, 1.807) is 0 Å². The molecule has 0 aliphatic heterocycles. The van der Waals surface area contributed by atoms with Crippen molar-refractivity contribution in [2.75, 3.05) is 0 Å². The van der Waals surface area contributed by atoms with Gasteiger partial charge in [0, 0.05) is 5.38 Å². The summed E-state index contributed by atoms with van der Waals surface area (Å²) < 4.78 is 0. The number of halogens is 1. The molecule has 0 saturated heterocycles. The van der Waals surface area contributed by atoms with E-state index in [9.17, 15) is 0 Å². The van der Waals surface area contributed by atoms with E-state index in [2.05, 4.69) is 55.5 Å². The minimum absolute atomic E-state index is 0.304. The highest BCUT2D eigenvalue weighted by Gasteiger charge is 2.02. The SMILES string of the molecule is CCC(Cl)CCc1ccc(-c2ccccc2)cc1. The third kappa shape index (κ3) is 3.61. The maximum Gasteiger partial charge on any atom is 0.0336 e. The van der Waals surface area contributed by atoms with Gasteiger partial charge in [0.1, 0.15) is 0 Å². The maximum atomic E-state index is 6.14. The zero-order valence-electron chi connectivity index (χ0n) is 10.8. The lowest BCUT2D eigenvalue weighted by Gasteiger charge is -2.07. The molecule has 0 fully saturated rings. The summed E-state index contributed by atoms with van der Waals surface area (Å²) in [6.45, 7) is 2.14. The van der Waals surface area contributed by atoms with Crippen molar-refractivity contribution in [1.82, 2.24) is 0 Å². The molecule has 2 rings (SSSR count). The summed E-state index contributed by atoms with van der Waals surface area (Å²) in [6.07, 6.45) is 3.17. The standard InChI is InChI=1S/C17H19Cl/c1-2-17(18)13-10-14-8-11-16(12-9-14)15-6-4-3-5-7-15/h3-9,11-12,17H,2,10,13H2,1H3. The number of hydrogen-bond acceptors (Lipinski definition) is 0. The Morgan fingerprint density at radius 2 is 1.50 bits per heavy atom. The molecule has 0 aromatic heterocycles. The molecule has 0 heterocycles. The Bertz CT molecular complexity index is 459. The van der Waals surface area contributed by atoms with Crippen molar-refractivity contribution < 1.29 is 0 Å². The van der Waals surface area contributed by atoms with Crippen LogP contribution in [0.25, 0.3) is 11.1 Å². The number of benzene rings is 2. The Morgan fingerprint density at radius 1 is 0.889 bits per heavy atom. The van der Waals surface area contributed by atoms with Crippen LogP contribution in [0.1, 0.15) is 25.3 Å². The van der Waals surface area contributed by atoms with E-state index >= 15 is 0 Å². The molecule has 1 atom stereocenters. The van der Waals surface area contributed by atoms with E-state index in [0.717, 1.165) is 19.3 Å². The fourth-order valence-electron chi connectivity index (χ4n) is 2.02. The van der Waals surface area contributed by atoms with Crippen LogP contribution in [-0.2, 0) is 6.42 Å². The van der Waals surface area contributed by atoms with Crippen molar-refractivity contribution >= 4 is 11.6 Å². The summed E-state index contributed by atoms with van der Waals surface area (Å²) in [5.74, 6) is 0. The molecular weight excluding hydrogens is 240 g/mol. The Kier molecular flexibility index (Phi) is 4.83. The van der Waals surface area contributed by atoms with Crippen LogP contribution < -0.4 is 0 Å². The molecule has 0 aliphatic rings. The lowest BCUT2D eigenvalue weighted by Crippen LogP contribution is -1.98. The predicted octanol–water partition coefficient (Wildman–Crippen LogP) is 5.30. The van der Waals surface area contributed by atoms with Crippen LogP contribution in [0.5, 0.6) is 0 Å². The lowest BCUT2D eigenvalue weighted by atomic mass is 10.0. The van der Waals surface area contributed by atoms with Crippen molar-refractivity contribution in [2.45, 2.75) is 31.6 Å². The topological polar surface area (TPSA) is 0 Å². The van der Waals surface area contributed by atoms with Gasteiger partial charge in [-0.25, -0.2) is 0 Å². The van der Waals surface area contributed by atoms with Gasteiger partial charge < -0.3 is 0 Å². The molecule has 0 radical (unpaired) electrons. The molecular formula is C17H19Cl. The average molecular weight is 259 g/mol. The van der Waals surface area contributed by atoms with Crippen LogP contribution in [0.2, 0.25) is 0 Å². The molecule has 0 nitrogen and oxygen atoms in total. The second-order valence-corrected chi connectivity index (χ2v) is 5.22. The molecule has 94 valence electrons. The quantitative estimate of drug-likeness (QED) is 0.638. The van der Waals surface area contributed by atoms with Gasteiger partial charge in [0.05, 0.1) is 0 Å². The molecule has 0 N–H and O–H groups in total. The van der Waals surface area contributed by atoms with E-state index in [0.29, 0.717) is 5.38 Å². The second kappa shape index (κ2) is 6.61. The summed E-state index contributed by atoms with van der Waals surface area (Å²) in [4.78, 5) is 0. The molecule has 2 aromatic rings. The molecule has 0 spiro atoms. The summed E-state index contributed by atoms with van der Waals surface area (Å²) in [5, 5.41) is 0.304. The van der Waals surface area contributed by atoms with Gasteiger partial charge in [0.2, 0.25) is 0 Å². The Hall–Kier alpha value is -1.27. The molecule has 0 saturated carbocycles. The van der Waals surface area contributed by atoms with Gasteiger partial charge in [-0.1, -0.05) is 61.5 Å². The molecule has 1 unspecified atom stereocenters. The summed E-state index contributed by atoms with van der Waals surface area (Å²) in [7, 11) is 0. The fraction of sp³-hybridized carbons (Fsp3) is 0.294. The molecule has 0 bridgehead atoms. The molecule has 0 aliphatic carbocycles. The highest BCUT2D eigenvalue weighted by Crippen LogP contribution is 2.20. The van der Waals surface area contributed by atoms with Crippen LogP contribution >= 0.6 is 11.6 Å². The van der Waals surface area contributed by atoms with Gasteiger partial charge in [-0.3, -0.25) is 0 Å². The summed E-state index contributed by atoms with van der Waals surface area (Å²) >= 11 is 6.14. The van der Waals surface area contributed by atoms with Gasteiger partial charge >= 0.3 is 0 Å².